The summed E-state index contributed by atoms with van der Waals surface area (Å²) < 4.78 is 0. The molecule has 3 atom stereocenters. The van der Waals surface area contributed by atoms with Crippen LogP contribution >= 0.6 is 0 Å². The molecule has 1 heterocycles. The maximum atomic E-state index is 10.2. The van der Waals surface area contributed by atoms with Gasteiger partial charge in [0.15, 0.2) is 0 Å². The second-order valence-electron chi connectivity index (χ2n) is 5.90. The normalized spacial score (nSPS) is 26.4. The van der Waals surface area contributed by atoms with Crippen LogP contribution in [0.25, 0.3) is 0 Å². The maximum Gasteiger partial charge on any atom is 0.0802 e. The van der Waals surface area contributed by atoms with Crippen LogP contribution in [0, 0.1) is 12.8 Å². The first-order valence-corrected chi connectivity index (χ1v) is 7.05. The number of rotatable bonds is 4. The SMILES string of the molecule is Cc1cccc(C(O)CCN2CC(C)CC2C)c1. The molecule has 0 saturated carbocycles. The maximum absolute atomic E-state index is 10.2. The van der Waals surface area contributed by atoms with Gasteiger partial charge in [-0.25, -0.2) is 0 Å². The summed E-state index contributed by atoms with van der Waals surface area (Å²) in [5, 5.41) is 10.2. The highest BCUT2D eigenvalue weighted by Gasteiger charge is 2.26. The largest absolute Gasteiger partial charge is 0.388 e. The van der Waals surface area contributed by atoms with E-state index in [1.165, 1.54) is 18.5 Å². The Morgan fingerprint density at radius 3 is 2.78 bits per heavy atom. The smallest absolute Gasteiger partial charge is 0.0802 e. The number of aryl methyl sites for hydroxylation is 1. The Balaban J connectivity index is 1.87. The number of benzene rings is 1. The summed E-state index contributed by atoms with van der Waals surface area (Å²) in [5.74, 6) is 0.802. The summed E-state index contributed by atoms with van der Waals surface area (Å²) >= 11 is 0. The Morgan fingerprint density at radius 1 is 1.39 bits per heavy atom. The quantitative estimate of drug-likeness (QED) is 0.883. The molecule has 1 fully saturated rings. The Kier molecular flexibility index (Phi) is 4.41. The van der Waals surface area contributed by atoms with E-state index in [-0.39, 0.29) is 6.10 Å². The average molecular weight is 247 g/mol. The molecule has 0 bridgehead atoms. The second-order valence-corrected chi connectivity index (χ2v) is 5.90. The van der Waals surface area contributed by atoms with Gasteiger partial charge in [0.25, 0.3) is 0 Å². The van der Waals surface area contributed by atoms with Gasteiger partial charge in [-0.3, -0.25) is 0 Å². The highest BCUT2D eigenvalue weighted by atomic mass is 16.3. The first-order valence-electron chi connectivity index (χ1n) is 7.05. The average Bonchev–Trinajstić information content (AvgIpc) is 2.65. The van der Waals surface area contributed by atoms with Crippen molar-refractivity contribution in [1.29, 1.82) is 0 Å². The Morgan fingerprint density at radius 2 is 2.17 bits per heavy atom. The van der Waals surface area contributed by atoms with Crippen molar-refractivity contribution in [1.82, 2.24) is 4.90 Å². The van der Waals surface area contributed by atoms with Crippen LogP contribution in [0.4, 0.5) is 0 Å². The lowest BCUT2D eigenvalue weighted by Crippen LogP contribution is -2.29. The standard InChI is InChI=1S/C16H25NO/c1-12-5-4-6-15(10-12)16(18)7-8-17-11-13(2)9-14(17)3/h4-6,10,13-14,16,18H,7-9,11H2,1-3H3. The van der Waals surface area contributed by atoms with E-state index in [0.29, 0.717) is 6.04 Å². The Bertz CT molecular complexity index is 390. The monoisotopic (exact) mass is 247 g/mol. The number of aliphatic hydroxyl groups is 1. The third kappa shape index (κ3) is 3.33. The molecule has 0 spiro atoms. The van der Waals surface area contributed by atoms with Crippen molar-refractivity contribution < 1.29 is 5.11 Å². The third-order valence-corrected chi connectivity index (χ3v) is 4.03. The van der Waals surface area contributed by atoms with E-state index in [2.05, 4.69) is 37.8 Å². The Labute approximate surface area is 111 Å². The molecule has 0 radical (unpaired) electrons. The zero-order chi connectivity index (χ0) is 13.1. The summed E-state index contributed by atoms with van der Waals surface area (Å²) in [6, 6.07) is 8.87. The van der Waals surface area contributed by atoms with Gasteiger partial charge >= 0.3 is 0 Å². The first kappa shape index (κ1) is 13.6. The minimum absolute atomic E-state index is 0.326. The molecule has 0 amide bonds. The van der Waals surface area contributed by atoms with Gasteiger partial charge in [-0.1, -0.05) is 36.8 Å². The van der Waals surface area contributed by atoms with Crippen LogP contribution < -0.4 is 0 Å². The zero-order valence-corrected chi connectivity index (χ0v) is 11.8. The minimum atomic E-state index is -0.326. The molecule has 0 aliphatic carbocycles. The highest BCUT2D eigenvalue weighted by molar-refractivity contribution is 5.23. The van der Waals surface area contributed by atoms with Crippen LogP contribution in [0.5, 0.6) is 0 Å². The van der Waals surface area contributed by atoms with Crippen molar-refractivity contribution in [2.24, 2.45) is 5.92 Å². The van der Waals surface area contributed by atoms with Crippen molar-refractivity contribution in [3.8, 4) is 0 Å². The predicted molar refractivity (Wildman–Crippen MR) is 75.6 cm³/mol. The van der Waals surface area contributed by atoms with Gasteiger partial charge < -0.3 is 10.0 Å². The fourth-order valence-corrected chi connectivity index (χ4v) is 3.03. The molecule has 0 aromatic heterocycles. The molecule has 18 heavy (non-hydrogen) atoms. The molecule has 1 aromatic rings. The van der Waals surface area contributed by atoms with Crippen LogP contribution in [0.3, 0.4) is 0 Å². The Hall–Kier alpha value is -0.860. The van der Waals surface area contributed by atoms with Crippen molar-refractivity contribution in [3.63, 3.8) is 0 Å². The van der Waals surface area contributed by atoms with E-state index >= 15 is 0 Å². The van der Waals surface area contributed by atoms with E-state index in [9.17, 15) is 5.11 Å². The van der Waals surface area contributed by atoms with E-state index in [1.807, 2.05) is 12.1 Å². The van der Waals surface area contributed by atoms with E-state index in [1.54, 1.807) is 0 Å². The molecule has 3 unspecified atom stereocenters. The lowest BCUT2D eigenvalue weighted by atomic mass is 10.0. The summed E-state index contributed by atoms with van der Waals surface area (Å²) in [5.41, 5.74) is 2.27. The van der Waals surface area contributed by atoms with Crippen molar-refractivity contribution in [2.45, 2.75) is 45.8 Å². The molecular formula is C16H25NO. The summed E-state index contributed by atoms with van der Waals surface area (Å²) in [6.45, 7) is 8.86. The van der Waals surface area contributed by atoms with Crippen LogP contribution in [-0.4, -0.2) is 29.1 Å². The fourth-order valence-electron chi connectivity index (χ4n) is 3.03. The summed E-state index contributed by atoms with van der Waals surface area (Å²) in [4.78, 5) is 2.50. The topological polar surface area (TPSA) is 23.5 Å². The van der Waals surface area contributed by atoms with Crippen LogP contribution in [0.15, 0.2) is 24.3 Å². The predicted octanol–water partition coefficient (Wildman–Crippen LogP) is 3.15. The molecular weight excluding hydrogens is 222 g/mol. The number of aliphatic hydroxyl groups excluding tert-OH is 1. The molecule has 2 nitrogen and oxygen atoms in total. The third-order valence-electron chi connectivity index (χ3n) is 4.03. The van der Waals surface area contributed by atoms with Gasteiger partial charge in [0.05, 0.1) is 6.10 Å². The van der Waals surface area contributed by atoms with Crippen molar-refractivity contribution in [2.75, 3.05) is 13.1 Å². The van der Waals surface area contributed by atoms with Crippen molar-refractivity contribution in [3.05, 3.63) is 35.4 Å². The summed E-state index contributed by atoms with van der Waals surface area (Å²) in [7, 11) is 0. The number of nitrogens with zero attached hydrogens (tertiary/aromatic N) is 1. The lowest BCUT2D eigenvalue weighted by Gasteiger charge is -2.22. The highest BCUT2D eigenvalue weighted by Crippen LogP contribution is 2.24. The van der Waals surface area contributed by atoms with Crippen LogP contribution in [-0.2, 0) is 0 Å². The van der Waals surface area contributed by atoms with E-state index < -0.39 is 0 Å². The number of hydrogen-bond donors (Lipinski definition) is 1. The summed E-state index contributed by atoms with van der Waals surface area (Å²) in [6.07, 6.45) is 1.80. The lowest BCUT2D eigenvalue weighted by molar-refractivity contribution is 0.139. The van der Waals surface area contributed by atoms with Crippen LogP contribution in [0.1, 0.15) is 43.9 Å². The van der Waals surface area contributed by atoms with Gasteiger partial charge in [0, 0.05) is 19.1 Å². The molecule has 100 valence electrons. The van der Waals surface area contributed by atoms with Gasteiger partial charge in [0.2, 0.25) is 0 Å². The molecule has 1 aromatic carbocycles. The van der Waals surface area contributed by atoms with Crippen molar-refractivity contribution >= 4 is 0 Å². The molecule has 2 rings (SSSR count). The van der Waals surface area contributed by atoms with E-state index in [4.69, 9.17) is 0 Å². The van der Waals surface area contributed by atoms with E-state index in [0.717, 1.165) is 24.4 Å². The van der Waals surface area contributed by atoms with Crippen LogP contribution in [0.2, 0.25) is 0 Å². The van der Waals surface area contributed by atoms with Gasteiger partial charge in [-0.05, 0) is 38.2 Å². The molecule has 1 aliphatic rings. The molecule has 1 aliphatic heterocycles. The van der Waals surface area contributed by atoms with Gasteiger partial charge in [0.1, 0.15) is 0 Å². The fraction of sp³-hybridized carbons (Fsp3) is 0.625. The van der Waals surface area contributed by atoms with Gasteiger partial charge in [-0.2, -0.15) is 0 Å². The molecule has 1 N–H and O–H groups in total. The molecule has 2 heteroatoms. The minimum Gasteiger partial charge on any atom is -0.388 e. The molecule has 1 saturated heterocycles. The number of hydrogen-bond acceptors (Lipinski definition) is 2. The first-order chi connectivity index (χ1) is 8.56. The number of likely N-dealkylation sites (tertiary alicyclic amines) is 1. The second kappa shape index (κ2) is 5.85. The van der Waals surface area contributed by atoms with Gasteiger partial charge in [-0.15, -0.1) is 0 Å². The zero-order valence-electron chi connectivity index (χ0n) is 11.8.